The molecule has 6 unspecified atom stereocenters. The summed E-state index contributed by atoms with van der Waals surface area (Å²) in [5, 5.41) is 0. The summed E-state index contributed by atoms with van der Waals surface area (Å²) in [5.74, 6) is -3.32. The van der Waals surface area contributed by atoms with E-state index in [0.29, 0.717) is 51.0 Å². The highest BCUT2D eigenvalue weighted by atomic mass is 16.7. The molecule has 3 rings (SSSR count). The average molecular weight is 534 g/mol. The number of cyclic esters (lactones) is 1. The highest BCUT2D eigenvalue weighted by molar-refractivity contribution is 6.39. The summed E-state index contributed by atoms with van der Waals surface area (Å²) in [6.07, 6.45) is 9.31. The molecule has 2 bridgehead atoms. The van der Waals surface area contributed by atoms with E-state index in [1.165, 1.54) is 17.6 Å². The third kappa shape index (κ3) is 7.53. The molecule has 2 saturated heterocycles. The van der Waals surface area contributed by atoms with Crippen LogP contribution in [-0.4, -0.2) is 66.5 Å². The number of Topliss-reactive ketones (excluding diaryl/α,β-unsaturated/α-hetero) is 2. The Bertz CT molecular complexity index is 899. The smallest absolute Gasteiger partial charge is 0.328 e. The van der Waals surface area contributed by atoms with Gasteiger partial charge >= 0.3 is 5.97 Å². The first-order valence-electron chi connectivity index (χ1n) is 14.5. The SMILES string of the molecule is COC12OC(CCC(C)CC(C)=CCC(=O)CCC(C)COC(=O)C3CCCCN3C(=O)C1=O)CCC2C. The van der Waals surface area contributed by atoms with Crippen molar-refractivity contribution in [3.8, 4) is 0 Å². The minimum absolute atomic E-state index is 0.0154. The Morgan fingerprint density at radius 2 is 1.68 bits per heavy atom. The number of piperidine rings is 1. The fourth-order valence-corrected chi connectivity index (χ4v) is 5.98. The van der Waals surface area contributed by atoms with E-state index in [1.807, 2.05) is 19.9 Å². The van der Waals surface area contributed by atoms with Crippen molar-refractivity contribution in [3.63, 3.8) is 0 Å². The molecule has 8 heteroatoms. The third-order valence-corrected chi connectivity index (χ3v) is 8.52. The number of esters is 1. The zero-order valence-electron chi connectivity index (χ0n) is 24.0. The molecular formula is C30H47NO7. The molecule has 0 saturated carbocycles. The number of hydrogen-bond donors (Lipinski definition) is 0. The first-order chi connectivity index (χ1) is 18.1. The van der Waals surface area contributed by atoms with Crippen LogP contribution in [0.1, 0.15) is 98.3 Å². The van der Waals surface area contributed by atoms with Gasteiger partial charge in [-0.05, 0) is 76.5 Å². The molecular weight excluding hydrogens is 486 g/mol. The van der Waals surface area contributed by atoms with Crippen molar-refractivity contribution < 1.29 is 33.4 Å². The number of fused-ring (bicyclic) bond motifs is 3. The van der Waals surface area contributed by atoms with E-state index in [0.717, 1.165) is 32.1 Å². The maximum atomic E-state index is 13.8. The molecule has 0 N–H and O–H groups in total. The number of ether oxygens (including phenoxy) is 3. The number of carbonyl (C=O) groups is 4. The Hall–Kier alpha value is -2.06. The standard InChI is InChI=1S/C30H47NO7/c1-20-9-13-24(32)14-10-22(3)19-37-29(35)26-8-6-7-17-31(26)28(34)27(33)30(36-5)23(4)12-16-25(38-30)15-11-21(2)18-20/h9,21-23,25-26H,6-8,10-19H2,1-5H3. The Morgan fingerprint density at radius 1 is 0.947 bits per heavy atom. The fourth-order valence-electron chi connectivity index (χ4n) is 5.98. The zero-order valence-corrected chi connectivity index (χ0v) is 24.0. The van der Waals surface area contributed by atoms with Crippen LogP contribution in [0.4, 0.5) is 0 Å². The summed E-state index contributed by atoms with van der Waals surface area (Å²) in [4.78, 5) is 54.2. The molecule has 1 amide bonds. The summed E-state index contributed by atoms with van der Waals surface area (Å²) in [5.41, 5.74) is 1.19. The second-order valence-electron chi connectivity index (χ2n) is 11.9. The van der Waals surface area contributed by atoms with Crippen molar-refractivity contribution >= 4 is 23.4 Å². The van der Waals surface area contributed by atoms with E-state index in [1.54, 1.807) is 0 Å². The predicted molar refractivity (Wildman–Crippen MR) is 143 cm³/mol. The van der Waals surface area contributed by atoms with Crippen molar-refractivity contribution in [3.05, 3.63) is 11.6 Å². The minimum Gasteiger partial charge on any atom is -0.464 e. The molecule has 3 aliphatic heterocycles. The molecule has 214 valence electrons. The Kier molecular flexibility index (Phi) is 11.1. The number of hydrogen-bond acceptors (Lipinski definition) is 7. The molecule has 0 aromatic carbocycles. The van der Waals surface area contributed by atoms with Gasteiger partial charge in [-0.25, -0.2) is 4.79 Å². The van der Waals surface area contributed by atoms with Gasteiger partial charge in [-0.2, -0.15) is 0 Å². The van der Waals surface area contributed by atoms with Crippen LogP contribution in [0, 0.1) is 17.8 Å². The summed E-state index contributed by atoms with van der Waals surface area (Å²) in [6.45, 7) is 8.58. The van der Waals surface area contributed by atoms with E-state index in [9.17, 15) is 19.2 Å². The molecule has 3 aliphatic rings. The van der Waals surface area contributed by atoms with E-state index in [-0.39, 0.29) is 30.3 Å². The molecule has 0 radical (unpaired) electrons. The van der Waals surface area contributed by atoms with Crippen LogP contribution in [0.5, 0.6) is 0 Å². The number of methoxy groups -OCH3 is 1. The quantitative estimate of drug-likeness (QED) is 0.272. The molecule has 3 heterocycles. The molecule has 8 nitrogen and oxygen atoms in total. The largest absolute Gasteiger partial charge is 0.464 e. The van der Waals surface area contributed by atoms with E-state index >= 15 is 0 Å². The van der Waals surface area contributed by atoms with Crippen LogP contribution in [0.25, 0.3) is 0 Å². The topological polar surface area (TPSA) is 99.2 Å². The van der Waals surface area contributed by atoms with E-state index in [4.69, 9.17) is 14.2 Å². The number of allylic oxidation sites excluding steroid dienone is 2. The lowest BCUT2D eigenvalue weighted by Crippen LogP contribution is -2.61. The number of nitrogens with zero attached hydrogens (tertiary/aromatic N) is 1. The van der Waals surface area contributed by atoms with Gasteiger partial charge in [-0.3, -0.25) is 14.4 Å². The summed E-state index contributed by atoms with van der Waals surface area (Å²) in [7, 11) is 1.42. The normalized spacial score (nSPS) is 35.6. The molecule has 0 aliphatic carbocycles. The lowest BCUT2D eigenvalue weighted by molar-refractivity contribution is -0.275. The van der Waals surface area contributed by atoms with Gasteiger partial charge in [-0.1, -0.05) is 32.4 Å². The van der Waals surface area contributed by atoms with Crippen LogP contribution in [0.2, 0.25) is 0 Å². The predicted octanol–water partition coefficient (Wildman–Crippen LogP) is 4.78. The molecule has 6 atom stereocenters. The average Bonchev–Trinajstić information content (AvgIpc) is 2.92. The Morgan fingerprint density at radius 3 is 2.42 bits per heavy atom. The lowest BCUT2D eigenvalue weighted by Gasteiger charge is -2.44. The number of ketones is 2. The van der Waals surface area contributed by atoms with Gasteiger partial charge in [0.25, 0.3) is 11.7 Å². The molecule has 38 heavy (non-hydrogen) atoms. The van der Waals surface area contributed by atoms with Crippen molar-refractivity contribution in [1.29, 1.82) is 0 Å². The number of rotatable bonds is 1. The molecule has 0 spiro atoms. The van der Waals surface area contributed by atoms with Gasteiger partial charge in [0, 0.05) is 32.4 Å². The summed E-state index contributed by atoms with van der Waals surface area (Å²) in [6, 6.07) is -0.805. The van der Waals surface area contributed by atoms with Crippen LogP contribution in [-0.2, 0) is 33.4 Å². The van der Waals surface area contributed by atoms with Gasteiger partial charge in [0.2, 0.25) is 5.79 Å². The van der Waals surface area contributed by atoms with Gasteiger partial charge in [0.05, 0.1) is 12.7 Å². The number of carbonyl (C=O) groups excluding carboxylic acids is 4. The molecule has 2 fully saturated rings. The molecule has 0 aromatic heterocycles. The van der Waals surface area contributed by atoms with Gasteiger partial charge in [0.15, 0.2) is 0 Å². The van der Waals surface area contributed by atoms with Crippen molar-refractivity contribution in [2.24, 2.45) is 17.8 Å². The Balaban J connectivity index is 1.85. The highest BCUT2D eigenvalue weighted by Crippen LogP contribution is 2.38. The van der Waals surface area contributed by atoms with Gasteiger partial charge in [0.1, 0.15) is 11.8 Å². The van der Waals surface area contributed by atoms with Crippen LogP contribution >= 0.6 is 0 Å². The van der Waals surface area contributed by atoms with Crippen molar-refractivity contribution in [1.82, 2.24) is 4.90 Å². The van der Waals surface area contributed by atoms with E-state index in [2.05, 4.69) is 13.8 Å². The summed E-state index contributed by atoms with van der Waals surface area (Å²) < 4.78 is 17.7. The number of amides is 1. The van der Waals surface area contributed by atoms with Gasteiger partial charge in [-0.15, -0.1) is 0 Å². The second-order valence-corrected chi connectivity index (χ2v) is 11.9. The molecule has 0 aromatic rings. The third-order valence-electron chi connectivity index (χ3n) is 8.52. The minimum atomic E-state index is -1.65. The zero-order chi connectivity index (χ0) is 27.9. The maximum absolute atomic E-state index is 13.8. The first-order valence-corrected chi connectivity index (χ1v) is 14.5. The highest BCUT2D eigenvalue weighted by Gasteiger charge is 2.54. The Labute approximate surface area is 227 Å². The maximum Gasteiger partial charge on any atom is 0.328 e. The second kappa shape index (κ2) is 13.8. The van der Waals surface area contributed by atoms with Crippen molar-refractivity contribution in [2.75, 3.05) is 20.3 Å². The first kappa shape index (κ1) is 30.5. The van der Waals surface area contributed by atoms with Crippen molar-refractivity contribution in [2.45, 2.75) is 116 Å². The van der Waals surface area contributed by atoms with Gasteiger partial charge < -0.3 is 19.1 Å². The van der Waals surface area contributed by atoms with Crippen LogP contribution < -0.4 is 0 Å². The van der Waals surface area contributed by atoms with E-state index < -0.39 is 29.5 Å². The summed E-state index contributed by atoms with van der Waals surface area (Å²) >= 11 is 0. The monoisotopic (exact) mass is 533 g/mol. The van der Waals surface area contributed by atoms with Crippen LogP contribution in [0.15, 0.2) is 11.6 Å². The fraction of sp³-hybridized carbons (Fsp3) is 0.800. The van der Waals surface area contributed by atoms with Crippen LogP contribution in [0.3, 0.4) is 0 Å². The lowest BCUT2D eigenvalue weighted by atomic mass is 9.84.